The maximum atomic E-state index is 12.7. The molecule has 2 aliphatic rings. The molecule has 1 fully saturated rings. The maximum Gasteiger partial charge on any atom is 0.253 e. The van der Waals surface area contributed by atoms with Gasteiger partial charge in [-0.05, 0) is 42.3 Å². The summed E-state index contributed by atoms with van der Waals surface area (Å²) < 4.78 is 0. The minimum absolute atomic E-state index is 0.0987. The highest BCUT2D eigenvalue weighted by Gasteiger charge is 2.24. The van der Waals surface area contributed by atoms with Crippen molar-refractivity contribution >= 4 is 17.3 Å². The van der Waals surface area contributed by atoms with Gasteiger partial charge < -0.3 is 20.2 Å². The van der Waals surface area contributed by atoms with Gasteiger partial charge in [-0.1, -0.05) is 12.1 Å². The molecule has 0 radical (unpaired) electrons. The molecule has 2 aromatic carbocycles. The average molecular weight is 323 g/mol. The van der Waals surface area contributed by atoms with E-state index in [1.54, 1.807) is 6.07 Å². The van der Waals surface area contributed by atoms with Crippen molar-refractivity contribution in [2.75, 3.05) is 42.9 Å². The number of aromatic hydroxyl groups is 1. The number of hydrogen-bond acceptors (Lipinski definition) is 4. The molecule has 4 rings (SSSR count). The predicted octanol–water partition coefficient (Wildman–Crippen LogP) is 2.32. The number of anilines is 2. The van der Waals surface area contributed by atoms with Crippen LogP contribution in [0.15, 0.2) is 42.5 Å². The van der Waals surface area contributed by atoms with Gasteiger partial charge in [-0.2, -0.15) is 0 Å². The van der Waals surface area contributed by atoms with Gasteiger partial charge in [0, 0.05) is 44.0 Å². The van der Waals surface area contributed by atoms with Gasteiger partial charge in [0.25, 0.3) is 5.91 Å². The molecule has 0 bridgehead atoms. The lowest BCUT2D eigenvalue weighted by Crippen LogP contribution is -2.48. The summed E-state index contributed by atoms with van der Waals surface area (Å²) in [7, 11) is 0. The Bertz CT molecular complexity index is 767. The van der Waals surface area contributed by atoms with Gasteiger partial charge in [-0.3, -0.25) is 4.79 Å². The van der Waals surface area contributed by atoms with E-state index in [1.165, 1.54) is 5.56 Å². The molecule has 1 amide bonds. The van der Waals surface area contributed by atoms with Gasteiger partial charge in [-0.15, -0.1) is 0 Å². The molecule has 0 atom stereocenters. The number of carbonyl (C=O) groups excluding carboxylic acids is 1. The molecule has 5 heteroatoms. The summed E-state index contributed by atoms with van der Waals surface area (Å²) in [6, 6.07) is 13.3. The third-order valence-electron chi connectivity index (χ3n) is 4.85. The number of rotatable bonds is 2. The second-order valence-electron chi connectivity index (χ2n) is 6.32. The largest absolute Gasteiger partial charge is 0.506 e. The number of fused-ring (bicyclic) bond motifs is 1. The lowest BCUT2D eigenvalue weighted by Gasteiger charge is -2.36. The number of nitrogens with zero attached hydrogens (tertiary/aromatic N) is 2. The van der Waals surface area contributed by atoms with E-state index >= 15 is 0 Å². The lowest BCUT2D eigenvalue weighted by molar-refractivity contribution is 0.0746. The van der Waals surface area contributed by atoms with E-state index in [0.717, 1.165) is 43.0 Å². The lowest BCUT2D eigenvalue weighted by atomic mass is 10.1. The van der Waals surface area contributed by atoms with Crippen molar-refractivity contribution in [1.29, 1.82) is 0 Å². The topological polar surface area (TPSA) is 55.8 Å². The standard InChI is InChI=1S/C19H21N3O2/c23-18-4-2-1-3-17(18)21-9-11-22(12-10-21)19(24)15-5-6-16-14(13-15)7-8-20-16/h1-6,13,20,23H,7-12H2. The smallest absolute Gasteiger partial charge is 0.253 e. The zero-order valence-corrected chi connectivity index (χ0v) is 13.5. The number of carbonyl (C=O) groups is 1. The third-order valence-corrected chi connectivity index (χ3v) is 4.85. The molecule has 2 aliphatic heterocycles. The van der Waals surface area contributed by atoms with Crippen molar-refractivity contribution in [2.24, 2.45) is 0 Å². The van der Waals surface area contributed by atoms with E-state index in [0.29, 0.717) is 18.8 Å². The molecule has 0 spiro atoms. The Morgan fingerprint density at radius 1 is 1.04 bits per heavy atom. The van der Waals surface area contributed by atoms with Gasteiger partial charge in [0.1, 0.15) is 5.75 Å². The summed E-state index contributed by atoms with van der Waals surface area (Å²) in [4.78, 5) is 16.8. The molecule has 2 N–H and O–H groups in total. The van der Waals surface area contributed by atoms with E-state index in [2.05, 4.69) is 10.2 Å². The summed E-state index contributed by atoms with van der Waals surface area (Å²) in [5, 5.41) is 13.3. The van der Waals surface area contributed by atoms with Crippen LogP contribution in [0, 0.1) is 0 Å². The normalized spacial score (nSPS) is 16.7. The van der Waals surface area contributed by atoms with Crippen LogP contribution in [0.1, 0.15) is 15.9 Å². The van der Waals surface area contributed by atoms with Crippen LogP contribution in [0.3, 0.4) is 0 Å². The molecule has 0 unspecified atom stereocenters. The number of nitrogens with one attached hydrogen (secondary N) is 1. The highest BCUT2D eigenvalue weighted by atomic mass is 16.3. The van der Waals surface area contributed by atoms with Crippen LogP contribution >= 0.6 is 0 Å². The first kappa shape index (κ1) is 14.9. The van der Waals surface area contributed by atoms with Crippen molar-refractivity contribution in [2.45, 2.75) is 6.42 Å². The Kier molecular flexibility index (Phi) is 3.76. The van der Waals surface area contributed by atoms with Crippen LogP contribution in [0.4, 0.5) is 11.4 Å². The number of hydrogen-bond donors (Lipinski definition) is 2. The van der Waals surface area contributed by atoms with E-state index in [9.17, 15) is 9.90 Å². The fourth-order valence-electron chi connectivity index (χ4n) is 3.50. The summed E-state index contributed by atoms with van der Waals surface area (Å²) in [5.74, 6) is 0.394. The van der Waals surface area contributed by atoms with Gasteiger partial charge in [-0.25, -0.2) is 0 Å². The summed E-state index contributed by atoms with van der Waals surface area (Å²) in [6.45, 7) is 3.75. The first-order chi connectivity index (χ1) is 11.7. The zero-order chi connectivity index (χ0) is 16.5. The fourth-order valence-corrected chi connectivity index (χ4v) is 3.50. The van der Waals surface area contributed by atoms with Crippen LogP contribution in [0.25, 0.3) is 0 Å². The number of piperazine rings is 1. The molecule has 0 aromatic heterocycles. The molecule has 2 heterocycles. The van der Waals surface area contributed by atoms with E-state index in [-0.39, 0.29) is 5.91 Å². The fraction of sp³-hybridized carbons (Fsp3) is 0.316. The van der Waals surface area contributed by atoms with Crippen LogP contribution < -0.4 is 10.2 Å². The van der Waals surface area contributed by atoms with Crippen molar-refractivity contribution in [3.63, 3.8) is 0 Å². The Hall–Kier alpha value is -2.69. The van der Waals surface area contributed by atoms with Crippen molar-refractivity contribution in [3.8, 4) is 5.75 Å². The molecule has 124 valence electrons. The molecule has 24 heavy (non-hydrogen) atoms. The molecular formula is C19H21N3O2. The molecule has 0 saturated carbocycles. The van der Waals surface area contributed by atoms with E-state index < -0.39 is 0 Å². The highest BCUT2D eigenvalue weighted by Crippen LogP contribution is 2.28. The van der Waals surface area contributed by atoms with Crippen molar-refractivity contribution in [3.05, 3.63) is 53.6 Å². The van der Waals surface area contributed by atoms with Crippen LogP contribution in [0.2, 0.25) is 0 Å². The second kappa shape index (κ2) is 6.07. The summed E-state index contributed by atoms with van der Waals surface area (Å²) in [5.41, 5.74) is 3.99. The maximum absolute atomic E-state index is 12.7. The minimum Gasteiger partial charge on any atom is -0.506 e. The van der Waals surface area contributed by atoms with Crippen LogP contribution in [0.5, 0.6) is 5.75 Å². The number of benzene rings is 2. The molecule has 2 aromatic rings. The van der Waals surface area contributed by atoms with Gasteiger partial charge in [0.2, 0.25) is 0 Å². The number of phenols is 1. The molecular weight excluding hydrogens is 302 g/mol. The third kappa shape index (κ3) is 2.66. The van der Waals surface area contributed by atoms with Crippen LogP contribution in [-0.4, -0.2) is 48.6 Å². The Morgan fingerprint density at radius 2 is 1.83 bits per heavy atom. The molecule has 5 nitrogen and oxygen atoms in total. The van der Waals surface area contributed by atoms with Gasteiger partial charge >= 0.3 is 0 Å². The number of para-hydroxylation sites is 2. The van der Waals surface area contributed by atoms with Crippen molar-refractivity contribution < 1.29 is 9.90 Å². The second-order valence-corrected chi connectivity index (χ2v) is 6.32. The Morgan fingerprint density at radius 3 is 2.62 bits per heavy atom. The summed E-state index contributed by atoms with van der Waals surface area (Å²) in [6.07, 6.45) is 0.984. The van der Waals surface area contributed by atoms with E-state index in [4.69, 9.17) is 0 Å². The van der Waals surface area contributed by atoms with Gasteiger partial charge in [0.15, 0.2) is 0 Å². The molecule has 1 saturated heterocycles. The first-order valence-corrected chi connectivity index (χ1v) is 8.41. The number of amides is 1. The monoisotopic (exact) mass is 323 g/mol. The quantitative estimate of drug-likeness (QED) is 0.890. The van der Waals surface area contributed by atoms with Gasteiger partial charge in [0.05, 0.1) is 5.69 Å². The zero-order valence-electron chi connectivity index (χ0n) is 13.5. The predicted molar refractivity (Wildman–Crippen MR) is 94.9 cm³/mol. The SMILES string of the molecule is O=C(c1ccc2c(c1)CCN2)N1CCN(c2ccccc2O)CC1. The van der Waals surface area contributed by atoms with Crippen molar-refractivity contribution in [1.82, 2.24) is 4.90 Å². The first-order valence-electron chi connectivity index (χ1n) is 8.41. The average Bonchev–Trinajstić information content (AvgIpc) is 3.09. The number of phenolic OH excluding ortho intramolecular Hbond substituents is 1. The minimum atomic E-state index is 0.0987. The Balaban J connectivity index is 1.44. The van der Waals surface area contributed by atoms with Crippen LogP contribution in [-0.2, 0) is 6.42 Å². The molecule has 0 aliphatic carbocycles. The highest BCUT2D eigenvalue weighted by molar-refractivity contribution is 5.95. The van der Waals surface area contributed by atoms with E-state index in [1.807, 2.05) is 41.3 Å². The Labute approximate surface area is 141 Å². The summed E-state index contributed by atoms with van der Waals surface area (Å²) >= 11 is 0.